The van der Waals surface area contributed by atoms with Crippen LogP contribution in [0.4, 0.5) is 0 Å². The van der Waals surface area contributed by atoms with Crippen LogP contribution in [0.25, 0.3) is 0 Å². The lowest BCUT2D eigenvalue weighted by molar-refractivity contribution is 0.296. The van der Waals surface area contributed by atoms with Gasteiger partial charge in [-0.25, -0.2) is 0 Å². The maximum Gasteiger partial charge on any atom is 0.0964 e. The molecular formula is C14H16N2. The molecule has 82 valence electrons. The van der Waals surface area contributed by atoms with Crippen molar-refractivity contribution < 1.29 is 0 Å². The Bertz CT molecular complexity index is 452. The molecule has 1 saturated carbocycles. The number of nitriles is 2. The lowest BCUT2D eigenvalue weighted by atomic mass is 9.63. The molecule has 2 rings (SSSR count). The number of rotatable bonds is 0. The zero-order valence-corrected chi connectivity index (χ0v) is 9.88. The van der Waals surface area contributed by atoms with E-state index >= 15 is 0 Å². The minimum atomic E-state index is 0.200. The van der Waals surface area contributed by atoms with E-state index in [1.807, 2.05) is 0 Å². The van der Waals surface area contributed by atoms with Crippen LogP contribution in [0.15, 0.2) is 22.8 Å². The Balaban J connectivity index is 2.44. The van der Waals surface area contributed by atoms with Gasteiger partial charge in [-0.1, -0.05) is 31.9 Å². The summed E-state index contributed by atoms with van der Waals surface area (Å²) in [5.74, 6) is 0.220. The van der Waals surface area contributed by atoms with Crippen molar-refractivity contribution in [3.63, 3.8) is 0 Å². The Kier molecular flexibility index (Phi) is 2.60. The van der Waals surface area contributed by atoms with Crippen molar-refractivity contribution in [1.29, 1.82) is 10.5 Å². The summed E-state index contributed by atoms with van der Waals surface area (Å²) in [6.07, 6.45) is 6.20. The van der Waals surface area contributed by atoms with Crippen molar-refractivity contribution in [2.75, 3.05) is 0 Å². The Morgan fingerprint density at radius 1 is 1.31 bits per heavy atom. The Labute approximate surface area is 96.9 Å². The number of hydrogen-bond acceptors (Lipinski definition) is 2. The van der Waals surface area contributed by atoms with Gasteiger partial charge in [-0.3, -0.25) is 0 Å². The lowest BCUT2D eigenvalue weighted by Gasteiger charge is -2.40. The van der Waals surface area contributed by atoms with E-state index in [2.05, 4.69) is 32.1 Å². The highest BCUT2D eigenvalue weighted by atomic mass is 14.4. The van der Waals surface area contributed by atoms with Gasteiger partial charge in [-0.2, -0.15) is 10.5 Å². The molecule has 0 unspecified atom stereocenters. The molecule has 0 aromatic rings. The molecule has 2 aliphatic rings. The summed E-state index contributed by atoms with van der Waals surface area (Å²) in [5.41, 5.74) is 2.99. The molecular weight excluding hydrogens is 196 g/mol. The molecule has 0 aromatic heterocycles. The second kappa shape index (κ2) is 3.80. The van der Waals surface area contributed by atoms with Crippen LogP contribution in [0.3, 0.4) is 0 Å². The third-order valence-electron chi connectivity index (χ3n) is 3.91. The van der Waals surface area contributed by atoms with E-state index in [-0.39, 0.29) is 11.3 Å². The van der Waals surface area contributed by atoms with Crippen LogP contribution < -0.4 is 0 Å². The van der Waals surface area contributed by atoms with E-state index in [9.17, 15) is 5.26 Å². The van der Waals surface area contributed by atoms with Gasteiger partial charge < -0.3 is 0 Å². The fourth-order valence-electron chi connectivity index (χ4n) is 3.02. The van der Waals surface area contributed by atoms with Crippen LogP contribution in [0.5, 0.6) is 0 Å². The SMILES string of the molecule is CC1(C)CCC[C@H]2C1=CCC(C#N)=C2C#N. The molecule has 0 aromatic carbocycles. The van der Waals surface area contributed by atoms with Crippen molar-refractivity contribution in [3.8, 4) is 12.1 Å². The topological polar surface area (TPSA) is 47.6 Å². The average Bonchev–Trinajstić information content (AvgIpc) is 2.27. The van der Waals surface area contributed by atoms with Gasteiger partial charge in [0.05, 0.1) is 17.7 Å². The van der Waals surface area contributed by atoms with Gasteiger partial charge in [0.15, 0.2) is 0 Å². The predicted molar refractivity (Wildman–Crippen MR) is 62.1 cm³/mol. The van der Waals surface area contributed by atoms with Crippen LogP contribution >= 0.6 is 0 Å². The molecule has 16 heavy (non-hydrogen) atoms. The van der Waals surface area contributed by atoms with Gasteiger partial charge in [0.25, 0.3) is 0 Å². The van der Waals surface area contributed by atoms with Crippen LogP contribution in [0.1, 0.15) is 39.5 Å². The first-order valence-electron chi connectivity index (χ1n) is 5.84. The van der Waals surface area contributed by atoms with Crippen molar-refractivity contribution >= 4 is 0 Å². The highest BCUT2D eigenvalue weighted by Gasteiger charge is 2.37. The third kappa shape index (κ3) is 1.55. The van der Waals surface area contributed by atoms with Gasteiger partial charge in [-0.15, -0.1) is 0 Å². The van der Waals surface area contributed by atoms with E-state index < -0.39 is 0 Å². The molecule has 0 aliphatic heterocycles. The van der Waals surface area contributed by atoms with Crippen molar-refractivity contribution in [2.45, 2.75) is 39.5 Å². The highest BCUT2D eigenvalue weighted by molar-refractivity contribution is 5.48. The van der Waals surface area contributed by atoms with Gasteiger partial charge in [0, 0.05) is 17.9 Å². The number of hydrogen-bond donors (Lipinski definition) is 0. The summed E-state index contributed by atoms with van der Waals surface area (Å²) in [6.45, 7) is 4.49. The molecule has 0 amide bonds. The zero-order chi connectivity index (χ0) is 11.8. The van der Waals surface area contributed by atoms with Crippen molar-refractivity contribution in [1.82, 2.24) is 0 Å². The standard InChI is InChI=1S/C14H16N2/c1-14(2)7-3-4-11-12(9-16)10(8-15)5-6-13(11)14/h6,11H,3-5,7H2,1-2H3/t11-/m1/s1. The molecule has 2 aliphatic carbocycles. The maximum atomic E-state index is 9.22. The maximum absolute atomic E-state index is 9.22. The van der Waals surface area contributed by atoms with E-state index in [0.717, 1.165) is 18.4 Å². The van der Waals surface area contributed by atoms with Crippen LogP contribution in [-0.4, -0.2) is 0 Å². The number of nitrogens with zero attached hydrogens (tertiary/aromatic N) is 2. The molecule has 0 spiro atoms. The summed E-state index contributed by atoms with van der Waals surface area (Å²) in [7, 11) is 0. The monoisotopic (exact) mass is 212 g/mol. The van der Waals surface area contributed by atoms with Crippen LogP contribution in [-0.2, 0) is 0 Å². The molecule has 2 heteroatoms. The molecule has 1 atom stereocenters. The minimum absolute atomic E-state index is 0.200. The lowest BCUT2D eigenvalue weighted by Crippen LogP contribution is -2.29. The predicted octanol–water partition coefficient (Wildman–Crippen LogP) is 3.49. The molecule has 1 fully saturated rings. The normalized spacial score (nSPS) is 27.5. The fourth-order valence-corrected chi connectivity index (χ4v) is 3.02. The van der Waals surface area contributed by atoms with Crippen molar-refractivity contribution in [2.24, 2.45) is 11.3 Å². The molecule has 0 heterocycles. The fraction of sp³-hybridized carbons (Fsp3) is 0.571. The first-order valence-corrected chi connectivity index (χ1v) is 5.84. The summed E-state index contributed by atoms with van der Waals surface area (Å²) in [6, 6.07) is 4.44. The highest BCUT2D eigenvalue weighted by Crippen LogP contribution is 2.48. The van der Waals surface area contributed by atoms with Gasteiger partial charge >= 0.3 is 0 Å². The largest absolute Gasteiger partial charge is 0.193 e. The molecule has 0 saturated heterocycles. The van der Waals surface area contributed by atoms with Gasteiger partial charge in [0.2, 0.25) is 0 Å². The molecule has 0 bridgehead atoms. The second-order valence-electron chi connectivity index (χ2n) is 5.31. The number of allylic oxidation sites excluding steroid dienone is 4. The summed E-state index contributed by atoms with van der Waals surface area (Å²) in [4.78, 5) is 0. The Morgan fingerprint density at radius 2 is 2.06 bits per heavy atom. The summed E-state index contributed by atoms with van der Waals surface area (Å²) < 4.78 is 0. The van der Waals surface area contributed by atoms with Gasteiger partial charge in [0.1, 0.15) is 0 Å². The van der Waals surface area contributed by atoms with Crippen LogP contribution in [0, 0.1) is 34.0 Å². The molecule has 0 radical (unpaired) electrons. The number of fused-ring (bicyclic) bond motifs is 1. The Morgan fingerprint density at radius 3 is 2.69 bits per heavy atom. The van der Waals surface area contributed by atoms with Crippen LogP contribution in [0.2, 0.25) is 0 Å². The third-order valence-corrected chi connectivity index (χ3v) is 3.91. The minimum Gasteiger partial charge on any atom is -0.193 e. The van der Waals surface area contributed by atoms with Crippen molar-refractivity contribution in [3.05, 3.63) is 22.8 Å². The van der Waals surface area contributed by atoms with E-state index in [0.29, 0.717) is 12.0 Å². The summed E-state index contributed by atoms with van der Waals surface area (Å²) in [5, 5.41) is 18.2. The van der Waals surface area contributed by atoms with E-state index in [1.54, 1.807) is 0 Å². The van der Waals surface area contributed by atoms with Gasteiger partial charge in [-0.05, 0) is 18.3 Å². The zero-order valence-electron chi connectivity index (χ0n) is 9.88. The Hall–Kier alpha value is -1.54. The smallest absolute Gasteiger partial charge is 0.0964 e. The van der Waals surface area contributed by atoms with E-state index in [1.165, 1.54) is 12.0 Å². The second-order valence-corrected chi connectivity index (χ2v) is 5.31. The molecule has 0 N–H and O–H groups in total. The average molecular weight is 212 g/mol. The molecule has 2 nitrogen and oxygen atoms in total. The first-order chi connectivity index (χ1) is 7.60. The summed E-state index contributed by atoms with van der Waals surface area (Å²) >= 11 is 0. The van der Waals surface area contributed by atoms with E-state index in [4.69, 9.17) is 5.26 Å². The quantitative estimate of drug-likeness (QED) is 0.577. The first kappa shape index (κ1) is 11.0.